The Hall–Kier alpha value is -1.55. The highest BCUT2D eigenvalue weighted by molar-refractivity contribution is 5.81. The van der Waals surface area contributed by atoms with E-state index in [1.165, 1.54) is 0 Å². The van der Waals surface area contributed by atoms with E-state index in [9.17, 15) is 4.79 Å². The minimum Gasteiger partial charge on any atom is -0.481 e. The molecule has 1 amide bonds. The van der Waals surface area contributed by atoms with Crippen LogP contribution >= 0.6 is 0 Å². The molecule has 2 atom stereocenters. The molecule has 4 nitrogen and oxygen atoms in total. The first kappa shape index (κ1) is 16.5. The predicted molar refractivity (Wildman–Crippen MR) is 81.6 cm³/mol. The maximum Gasteiger partial charge on any atom is 0.261 e. The quantitative estimate of drug-likeness (QED) is 0.804. The van der Waals surface area contributed by atoms with E-state index in [0.717, 1.165) is 6.42 Å². The summed E-state index contributed by atoms with van der Waals surface area (Å²) < 4.78 is 5.62. The summed E-state index contributed by atoms with van der Waals surface area (Å²) in [4.78, 5) is 12.2. The van der Waals surface area contributed by atoms with E-state index in [2.05, 4.69) is 19.2 Å². The Balaban J connectivity index is 2.60. The molecule has 0 spiro atoms. The van der Waals surface area contributed by atoms with E-state index in [0.29, 0.717) is 18.2 Å². The van der Waals surface area contributed by atoms with Crippen molar-refractivity contribution in [1.82, 2.24) is 5.32 Å². The Labute approximate surface area is 121 Å². The molecule has 20 heavy (non-hydrogen) atoms. The third-order valence-corrected chi connectivity index (χ3v) is 3.16. The molecule has 0 saturated heterocycles. The second-order valence-electron chi connectivity index (χ2n) is 5.93. The summed E-state index contributed by atoms with van der Waals surface area (Å²) in [5.41, 5.74) is 5.41. The van der Waals surface area contributed by atoms with Crippen molar-refractivity contribution in [3.63, 3.8) is 0 Å². The van der Waals surface area contributed by atoms with E-state index >= 15 is 0 Å². The second kappa shape index (κ2) is 7.29. The van der Waals surface area contributed by atoms with Gasteiger partial charge in [0.1, 0.15) is 5.75 Å². The highest BCUT2D eigenvalue weighted by atomic mass is 16.5. The number of amides is 1. The van der Waals surface area contributed by atoms with E-state index in [4.69, 9.17) is 10.5 Å². The summed E-state index contributed by atoms with van der Waals surface area (Å²) in [5, 5.41) is 3.01. The summed E-state index contributed by atoms with van der Waals surface area (Å²) in [7, 11) is 0. The Bertz CT molecular complexity index is 420. The number of hydrogen-bond donors (Lipinski definition) is 2. The van der Waals surface area contributed by atoms with Gasteiger partial charge in [0, 0.05) is 12.1 Å². The zero-order valence-electron chi connectivity index (χ0n) is 12.8. The monoisotopic (exact) mass is 278 g/mol. The number of para-hydroxylation sites is 1. The van der Waals surface area contributed by atoms with Crippen LogP contribution in [-0.4, -0.2) is 24.1 Å². The number of hydrogen-bond acceptors (Lipinski definition) is 3. The van der Waals surface area contributed by atoms with Crippen molar-refractivity contribution in [2.45, 2.75) is 45.8 Å². The summed E-state index contributed by atoms with van der Waals surface area (Å²) in [6.07, 6.45) is 0.295. The van der Waals surface area contributed by atoms with Crippen molar-refractivity contribution in [2.24, 2.45) is 11.7 Å². The van der Waals surface area contributed by atoms with Crippen LogP contribution in [0.3, 0.4) is 0 Å². The van der Waals surface area contributed by atoms with Gasteiger partial charge in [-0.05, 0) is 38.3 Å². The molecule has 1 aromatic carbocycles. The van der Waals surface area contributed by atoms with Crippen molar-refractivity contribution in [1.29, 1.82) is 0 Å². The molecule has 1 rings (SSSR count). The summed E-state index contributed by atoms with van der Waals surface area (Å²) >= 11 is 0. The fourth-order valence-corrected chi connectivity index (χ4v) is 2.24. The summed E-state index contributed by atoms with van der Waals surface area (Å²) in [5.74, 6) is 1.02. The number of benzene rings is 1. The number of carbonyl (C=O) groups excluding carboxylic acids is 1. The number of nitrogens with one attached hydrogen (secondary N) is 1. The first-order valence-electron chi connectivity index (χ1n) is 7.10. The smallest absolute Gasteiger partial charge is 0.261 e. The van der Waals surface area contributed by atoms with Gasteiger partial charge in [-0.2, -0.15) is 0 Å². The molecule has 0 aromatic heterocycles. The zero-order chi connectivity index (χ0) is 15.2. The fourth-order valence-electron chi connectivity index (χ4n) is 2.24. The van der Waals surface area contributed by atoms with Gasteiger partial charge in [0.05, 0.1) is 0 Å². The number of rotatable bonds is 7. The first-order chi connectivity index (χ1) is 9.36. The molecular formula is C16H26N2O2. The Kier molecular flexibility index (Phi) is 6.02. The van der Waals surface area contributed by atoms with Crippen molar-refractivity contribution < 1.29 is 9.53 Å². The third-order valence-electron chi connectivity index (χ3n) is 3.16. The van der Waals surface area contributed by atoms with Gasteiger partial charge in [-0.15, -0.1) is 0 Å². The van der Waals surface area contributed by atoms with Gasteiger partial charge < -0.3 is 15.8 Å². The molecule has 0 aliphatic carbocycles. The average Bonchev–Trinajstić information content (AvgIpc) is 2.38. The summed E-state index contributed by atoms with van der Waals surface area (Å²) in [6, 6.07) is 9.33. The number of carbonyl (C=O) groups is 1. The molecular weight excluding hydrogens is 252 g/mol. The van der Waals surface area contributed by atoms with E-state index in [1.54, 1.807) is 6.92 Å². The van der Waals surface area contributed by atoms with Gasteiger partial charge in [0.2, 0.25) is 0 Å². The minimum absolute atomic E-state index is 0.137. The molecule has 1 aromatic rings. The van der Waals surface area contributed by atoms with Crippen LogP contribution in [0, 0.1) is 5.92 Å². The van der Waals surface area contributed by atoms with Gasteiger partial charge in [0.15, 0.2) is 6.10 Å². The molecule has 112 valence electrons. The Morgan fingerprint density at radius 2 is 1.90 bits per heavy atom. The molecule has 0 saturated carbocycles. The highest BCUT2D eigenvalue weighted by Crippen LogP contribution is 2.16. The molecule has 0 radical (unpaired) electrons. The van der Waals surface area contributed by atoms with E-state index in [1.807, 2.05) is 37.3 Å². The lowest BCUT2D eigenvalue weighted by atomic mass is 9.90. The number of ether oxygens (including phenoxy) is 1. The van der Waals surface area contributed by atoms with Crippen LogP contribution < -0.4 is 15.8 Å². The second-order valence-corrected chi connectivity index (χ2v) is 5.93. The lowest BCUT2D eigenvalue weighted by molar-refractivity contribution is -0.129. The largest absolute Gasteiger partial charge is 0.481 e. The SMILES string of the molecule is CC(C)CC(C)(CN)NC(=O)C(C)Oc1ccccc1. The molecule has 0 heterocycles. The van der Waals surface area contributed by atoms with Crippen LogP contribution in [0.4, 0.5) is 0 Å². The van der Waals surface area contributed by atoms with Crippen molar-refractivity contribution in [2.75, 3.05) is 6.54 Å². The van der Waals surface area contributed by atoms with Crippen LogP contribution in [0.15, 0.2) is 30.3 Å². The third kappa shape index (κ3) is 5.21. The minimum atomic E-state index is -0.546. The molecule has 0 aliphatic heterocycles. The normalized spacial score (nSPS) is 15.5. The fraction of sp³-hybridized carbons (Fsp3) is 0.562. The molecule has 0 fully saturated rings. The van der Waals surface area contributed by atoms with Gasteiger partial charge in [-0.25, -0.2) is 0 Å². The summed E-state index contributed by atoms with van der Waals surface area (Å²) in [6.45, 7) is 8.36. The molecule has 4 heteroatoms. The maximum absolute atomic E-state index is 12.2. The Morgan fingerprint density at radius 3 is 2.40 bits per heavy atom. The van der Waals surface area contributed by atoms with Crippen molar-refractivity contribution >= 4 is 5.91 Å². The maximum atomic E-state index is 12.2. The van der Waals surface area contributed by atoms with Crippen LogP contribution in [0.25, 0.3) is 0 Å². The topological polar surface area (TPSA) is 64.3 Å². The molecule has 2 unspecified atom stereocenters. The van der Waals surface area contributed by atoms with Crippen LogP contribution in [0.1, 0.15) is 34.1 Å². The van der Waals surface area contributed by atoms with Crippen LogP contribution in [0.2, 0.25) is 0 Å². The Morgan fingerprint density at radius 1 is 1.30 bits per heavy atom. The predicted octanol–water partition coefficient (Wildman–Crippen LogP) is 2.33. The molecule has 0 bridgehead atoms. The lowest BCUT2D eigenvalue weighted by Gasteiger charge is -2.32. The van der Waals surface area contributed by atoms with Crippen LogP contribution in [-0.2, 0) is 4.79 Å². The highest BCUT2D eigenvalue weighted by Gasteiger charge is 2.28. The molecule has 3 N–H and O–H groups in total. The number of nitrogens with two attached hydrogens (primary N) is 1. The zero-order valence-corrected chi connectivity index (χ0v) is 12.8. The average molecular weight is 278 g/mol. The van der Waals surface area contributed by atoms with Gasteiger partial charge >= 0.3 is 0 Å². The van der Waals surface area contributed by atoms with Gasteiger partial charge in [-0.3, -0.25) is 4.79 Å². The molecule has 0 aliphatic rings. The first-order valence-corrected chi connectivity index (χ1v) is 7.10. The van der Waals surface area contributed by atoms with Gasteiger partial charge in [0.25, 0.3) is 5.91 Å². The van der Waals surface area contributed by atoms with Crippen LogP contribution in [0.5, 0.6) is 5.75 Å². The van der Waals surface area contributed by atoms with Crippen molar-refractivity contribution in [3.05, 3.63) is 30.3 Å². The van der Waals surface area contributed by atoms with Crippen molar-refractivity contribution in [3.8, 4) is 5.75 Å². The lowest BCUT2D eigenvalue weighted by Crippen LogP contribution is -2.55. The van der Waals surface area contributed by atoms with E-state index < -0.39 is 6.10 Å². The van der Waals surface area contributed by atoms with Gasteiger partial charge in [-0.1, -0.05) is 32.0 Å². The standard InChI is InChI=1S/C16H26N2O2/c1-12(2)10-16(4,11-17)18-15(19)13(3)20-14-8-6-5-7-9-14/h5-9,12-13H,10-11,17H2,1-4H3,(H,18,19). The van der Waals surface area contributed by atoms with E-state index in [-0.39, 0.29) is 11.4 Å².